The fourth-order valence-corrected chi connectivity index (χ4v) is 2.19. The zero-order valence-corrected chi connectivity index (χ0v) is 10.8. The van der Waals surface area contributed by atoms with Gasteiger partial charge in [-0.2, -0.15) is 0 Å². The van der Waals surface area contributed by atoms with Crippen molar-refractivity contribution in [2.24, 2.45) is 0 Å². The number of rotatable bonds is 2. The van der Waals surface area contributed by atoms with E-state index in [1.54, 1.807) is 0 Å². The molecule has 0 aromatic heterocycles. The van der Waals surface area contributed by atoms with Crippen molar-refractivity contribution in [2.75, 3.05) is 39.3 Å². The summed E-state index contributed by atoms with van der Waals surface area (Å²) < 4.78 is 0. The van der Waals surface area contributed by atoms with Crippen LogP contribution in [0.1, 0.15) is 27.7 Å². The van der Waals surface area contributed by atoms with Gasteiger partial charge in [0.25, 0.3) is 0 Å². The molecule has 0 saturated carbocycles. The van der Waals surface area contributed by atoms with E-state index in [1.165, 1.54) is 39.3 Å². The first-order valence-electron chi connectivity index (χ1n) is 6.28. The van der Waals surface area contributed by atoms with Crippen LogP contribution in [0.25, 0.3) is 0 Å². The van der Waals surface area contributed by atoms with Crippen molar-refractivity contribution in [1.29, 1.82) is 0 Å². The number of nitrogens with zero attached hydrogens (tertiary/aromatic N) is 2. The van der Waals surface area contributed by atoms with Gasteiger partial charge in [-0.3, -0.25) is 9.80 Å². The van der Waals surface area contributed by atoms with Crippen LogP contribution in [0.2, 0.25) is 0 Å². The van der Waals surface area contributed by atoms with E-state index in [0.29, 0.717) is 12.1 Å². The van der Waals surface area contributed by atoms with Crippen LogP contribution in [0.15, 0.2) is 0 Å². The van der Waals surface area contributed by atoms with Gasteiger partial charge in [-0.1, -0.05) is 27.7 Å². The van der Waals surface area contributed by atoms with Crippen LogP contribution >= 0.6 is 0 Å². The Morgan fingerprint density at radius 2 is 0.938 bits per heavy atom. The van der Waals surface area contributed by atoms with Crippen LogP contribution in [0.4, 0.5) is 0 Å². The van der Waals surface area contributed by atoms with Crippen molar-refractivity contribution in [1.82, 2.24) is 15.1 Å². The van der Waals surface area contributed by atoms with Crippen LogP contribution < -0.4 is 5.32 Å². The summed E-state index contributed by atoms with van der Waals surface area (Å²) in [6.07, 6.45) is 0. The third-order valence-corrected chi connectivity index (χ3v) is 2.86. The first-order valence-corrected chi connectivity index (χ1v) is 6.28. The van der Waals surface area contributed by atoms with Crippen molar-refractivity contribution in [3.05, 3.63) is 0 Å². The van der Waals surface area contributed by atoms with Gasteiger partial charge in [-0.05, 0) is 0 Å². The van der Waals surface area contributed by atoms with E-state index in [-0.39, 0.29) is 18.9 Å². The fraction of sp³-hybridized carbons (Fsp3) is 1.00. The molecule has 3 nitrogen and oxygen atoms in total. The van der Waals surface area contributed by atoms with E-state index in [1.807, 2.05) is 0 Å². The molecular weight excluding hydrogens is 193 g/mol. The molecule has 3 saturated heterocycles. The summed E-state index contributed by atoms with van der Waals surface area (Å²) >= 11 is 0. The Bertz CT molecular complexity index is 137. The molecular formula is C12H28LiN3. The second-order valence-corrected chi connectivity index (χ2v) is 5.16. The number of hydrogen-bond acceptors (Lipinski definition) is 3. The Labute approximate surface area is 113 Å². The number of piperazine rings is 3. The first kappa shape index (κ1) is 16.5. The molecule has 0 aromatic carbocycles. The molecule has 3 aliphatic rings. The molecule has 0 atom stereocenters. The van der Waals surface area contributed by atoms with Crippen LogP contribution in [0.5, 0.6) is 0 Å². The van der Waals surface area contributed by atoms with Crippen molar-refractivity contribution in [2.45, 2.75) is 39.8 Å². The Morgan fingerprint density at radius 3 is 1.00 bits per heavy atom. The van der Waals surface area contributed by atoms with Crippen molar-refractivity contribution < 1.29 is 0 Å². The summed E-state index contributed by atoms with van der Waals surface area (Å²) in [4.78, 5) is 5.08. The second-order valence-electron chi connectivity index (χ2n) is 5.16. The van der Waals surface area contributed by atoms with Gasteiger partial charge >= 0.3 is 18.9 Å². The minimum absolute atomic E-state index is 0. The van der Waals surface area contributed by atoms with E-state index in [2.05, 4.69) is 42.8 Å². The van der Waals surface area contributed by atoms with Gasteiger partial charge in [0.1, 0.15) is 0 Å². The topological polar surface area (TPSA) is 18.5 Å². The van der Waals surface area contributed by atoms with Gasteiger partial charge < -0.3 is 5.32 Å². The number of fused-ring (bicyclic) bond motifs is 3. The molecule has 0 radical (unpaired) electrons. The normalized spacial score (nSPS) is 27.4. The minimum atomic E-state index is 0. The van der Waals surface area contributed by atoms with E-state index in [0.717, 1.165) is 0 Å². The molecule has 3 fully saturated rings. The van der Waals surface area contributed by atoms with E-state index in [9.17, 15) is 0 Å². The molecule has 0 spiro atoms. The van der Waals surface area contributed by atoms with Gasteiger partial charge in [0, 0.05) is 51.4 Å². The van der Waals surface area contributed by atoms with Crippen LogP contribution in [0.3, 0.4) is 0 Å². The van der Waals surface area contributed by atoms with Crippen LogP contribution in [-0.4, -0.2) is 80.0 Å². The van der Waals surface area contributed by atoms with Crippen molar-refractivity contribution in [3.8, 4) is 0 Å². The molecule has 0 aromatic rings. The predicted molar refractivity (Wildman–Crippen MR) is 73.4 cm³/mol. The molecule has 0 aliphatic carbocycles. The molecule has 0 amide bonds. The third kappa shape index (κ3) is 6.93. The summed E-state index contributed by atoms with van der Waals surface area (Å²) in [5.74, 6) is 0. The monoisotopic (exact) mass is 221 g/mol. The van der Waals surface area contributed by atoms with Gasteiger partial charge in [0.2, 0.25) is 0 Å². The maximum atomic E-state index is 3.31. The summed E-state index contributed by atoms with van der Waals surface area (Å²) in [5, 5.41) is 3.31. The summed E-state index contributed by atoms with van der Waals surface area (Å²) in [5.41, 5.74) is 0. The molecule has 4 heteroatoms. The zero-order valence-electron chi connectivity index (χ0n) is 10.8. The molecule has 92 valence electrons. The van der Waals surface area contributed by atoms with E-state index in [4.69, 9.17) is 0 Å². The van der Waals surface area contributed by atoms with Gasteiger partial charge in [0.15, 0.2) is 0 Å². The number of nitrogens with one attached hydrogen (secondary N) is 1. The average molecular weight is 221 g/mol. The Kier molecular flexibility index (Phi) is 8.81. The zero-order chi connectivity index (χ0) is 11.3. The van der Waals surface area contributed by atoms with Crippen molar-refractivity contribution in [3.63, 3.8) is 0 Å². The average Bonchev–Trinajstić information content (AvgIpc) is 2.19. The van der Waals surface area contributed by atoms with Gasteiger partial charge in [-0.25, -0.2) is 0 Å². The Morgan fingerprint density at radius 1 is 0.688 bits per heavy atom. The molecule has 16 heavy (non-hydrogen) atoms. The Hall–Kier alpha value is 0.477. The maximum absolute atomic E-state index is 3.31. The Balaban J connectivity index is 0.000000269. The van der Waals surface area contributed by atoms with Crippen LogP contribution in [0, 0.1) is 0 Å². The summed E-state index contributed by atoms with van der Waals surface area (Å²) in [6.45, 7) is 16.5. The van der Waals surface area contributed by atoms with Crippen LogP contribution in [-0.2, 0) is 0 Å². The third-order valence-electron chi connectivity index (χ3n) is 2.86. The van der Waals surface area contributed by atoms with Gasteiger partial charge in [0.05, 0.1) is 0 Å². The number of hydrogen-bond donors (Lipinski definition) is 1. The van der Waals surface area contributed by atoms with Gasteiger partial charge in [-0.15, -0.1) is 0 Å². The molecule has 1 N–H and O–H groups in total. The predicted octanol–water partition coefficient (Wildman–Crippen LogP) is 0.362. The van der Waals surface area contributed by atoms with E-state index < -0.39 is 0 Å². The standard InChI is InChI=1S/C6H12N2.C6H15N.Li.H/c1-2-8-5-3-7(1)4-6-8;1-5(2)7-6(3)4;;/h1-6H2;5-7H,1-4H3;;. The molecule has 3 heterocycles. The van der Waals surface area contributed by atoms with E-state index >= 15 is 0 Å². The SMILES string of the molecule is C1CN2CCN1CC2.CC(C)NC(C)C.[LiH]. The quantitative estimate of drug-likeness (QED) is 0.679. The second kappa shape index (κ2) is 8.55. The summed E-state index contributed by atoms with van der Waals surface area (Å²) in [7, 11) is 0. The van der Waals surface area contributed by atoms with Crippen molar-refractivity contribution >= 4 is 18.9 Å². The molecule has 2 bridgehead atoms. The summed E-state index contributed by atoms with van der Waals surface area (Å²) in [6, 6.07) is 1.25. The first-order chi connectivity index (χ1) is 7.08. The fourth-order valence-electron chi connectivity index (χ4n) is 2.19. The molecule has 0 unspecified atom stereocenters. The molecule has 3 rings (SSSR count). The molecule has 3 aliphatic heterocycles.